The summed E-state index contributed by atoms with van der Waals surface area (Å²) >= 11 is 0. The number of hydrogen-bond donors (Lipinski definition) is 1. The van der Waals surface area contributed by atoms with Crippen molar-refractivity contribution in [1.82, 2.24) is 0 Å². The third-order valence-corrected chi connectivity index (χ3v) is 3.95. The van der Waals surface area contributed by atoms with E-state index in [4.69, 9.17) is 4.74 Å². The maximum absolute atomic E-state index is 11.7. The van der Waals surface area contributed by atoms with Crippen LogP contribution in [0.4, 0.5) is 0 Å². The van der Waals surface area contributed by atoms with Gasteiger partial charge in [0, 0.05) is 5.57 Å². The second kappa shape index (κ2) is 9.22. The van der Waals surface area contributed by atoms with Gasteiger partial charge in [-0.15, -0.1) is 0 Å². The van der Waals surface area contributed by atoms with E-state index in [1.165, 1.54) is 0 Å². The van der Waals surface area contributed by atoms with Gasteiger partial charge in [-0.1, -0.05) is 6.58 Å². The maximum atomic E-state index is 11.7. The van der Waals surface area contributed by atoms with Crippen molar-refractivity contribution in [2.75, 3.05) is 40.5 Å². The van der Waals surface area contributed by atoms with Gasteiger partial charge < -0.3 is 14.1 Å². The van der Waals surface area contributed by atoms with Gasteiger partial charge in [0.1, 0.15) is 14.7 Å². The molecule has 0 bridgehead atoms. The summed E-state index contributed by atoms with van der Waals surface area (Å²) < 4.78 is 5.50. The molecular formula is C14H27NO4P+. The van der Waals surface area contributed by atoms with Gasteiger partial charge in [-0.2, -0.15) is 0 Å². The van der Waals surface area contributed by atoms with E-state index in [2.05, 4.69) is 6.58 Å². The third-order valence-electron chi connectivity index (χ3n) is 2.49. The molecule has 0 saturated heterocycles. The van der Waals surface area contributed by atoms with Crippen LogP contribution in [0, 0.1) is 0 Å². The summed E-state index contributed by atoms with van der Waals surface area (Å²) in [6.07, 6.45) is 2.88. The fourth-order valence-corrected chi connectivity index (χ4v) is 2.80. The first kappa shape index (κ1) is 19.2. The predicted molar refractivity (Wildman–Crippen MR) is 81.5 cm³/mol. The molecule has 0 spiro atoms. The Morgan fingerprint density at radius 2 is 1.80 bits per heavy atom. The molecule has 1 N–H and O–H groups in total. The highest BCUT2D eigenvalue weighted by atomic mass is 31.1. The highest BCUT2D eigenvalue weighted by Crippen LogP contribution is 2.32. The Bertz CT molecular complexity index is 350. The van der Waals surface area contributed by atoms with Crippen LogP contribution in [0.25, 0.3) is 0 Å². The molecule has 5 nitrogen and oxygen atoms in total. The largest absolute Gasteiger partial charge is 0.462 e. The Morgan fingerprint density at radius 1 is 1.20 bits per heavy atom. The quantitative estimate of drug-likeness (QED) is 0.220. The molecule has 0 rings (SSSR count). The SMILES string of the molecule is C=C(C)C(=O)OCCCCCP(O)C(=O)C[N+](C)(C)C. The van der Waals surface area contributed by atoms with Crippen molar-refractivity contribution in [2.24, 2.45) is 0 Å². The number of carbonyl (C=O) groups excluding carboxylic acids is 2. The summed E-state index contributed by atoms with van der Waals surface area (Å²) in [7, 11) is 4.26. The highest BCUT2D eigenvalue weighted by molar-refractivity contribution is 7.69. The standard InChI is InChI=1S/C14H27NO4P/c1-12(2)14(17)19-9-7-6-8-10-20(18)13(16)11-15(3,4)5/h18H,1,6-11H2,2-5H3/q+1. The third kappa shape index (κ3) is 10.1. The zero-order valence-corrected chi connectivity index (χ0v) is 13.9. The van der Waals surface area contributed by atoms with Gasteiger partial charge >= 0.3 is 5.97 Å². The summed E-state index contributed by atoms with van der Waals surface area (Å²) in [6.45, 7) is 5.83. The second-order valence-electron chi connectivity index (χ2n) is 5.94. The van der Waals surface area contributed by atoms with E-state index in [1.807, 2.05) is 21.1 Å². The summed E-state index contributed by atoms with van der Waals surface area (Å²) in [4.78, 5) is 32.6. The summed E-state index contributed by atoms with van der Waals surface area (Å²) in [5.41, 5.74) is 0.344. The van der Waals surface area contributed by atoms with Gasteiger partial charge in [0.05, 0.1) is 27.7 Å². The smallest absolute Gasteiger partial charge is 0.333 e. The Kier molecular flexibility index (Phi) is 8.86. The van der Waals surface area contributed by atoms with Crippen molar-refractivity contribution >= 4 is 19.6 Å². The van der Waals surface area contributed by atoms with Crippen LogP contribution in [-0.2, 0) is 14.3 Å². The average molecular weight is 304 g/mol. The fraction of sp³-hybridized carbons (Fsp3) is 0.714. The van der Waals surface area contributed by atoms with E-state index in [0.717, 1.165) is 19.3 Å². The number of unbranched alkanes of at least 4 members (excludes halogenated alkanes) is 2. The molecule has 0 aliphatic carbocycles. The van der Waals surface area contributed by atoms with E-state index in [0.29, 0.717) is 29.4 Å². The van der Waals surface area contributed by atoms with Crippen molar-refractivity contribution in [1.29, 1.82) is 0 Å². The lowest BCUT2D eigenvalue weighted by Crippen LogP contribution is -2.39. The monoisotopic (exact) mass is 304 g/mol. The van der Waals surface area contributed by atoms with Crippen molar-refractivity contribution in [3.63, 3.8) is 0 Å². The maximum Gasteiger partial charge on any atom is 0.333 e. The number of rotatable bonds is 10. The van der Waals surface area contributed by atoms with Crippen molar-refractivity contribution in [3.05, 3.63) is 12.2 Å². The van der Waals surface area contributed by atoms with E-state index in [1.54, 1.807) is 6.92 Å². The van der Waals surface area contributed by atoms with Crippen molar-refractivity contribution < 1.29 is 23.7 Å². The van der Waals surface area contributed by atoms with E-state index in [9.17, 15) is 14.5 Å². The lowest BCUT2D eigenvalue weighted by molar-refractivity contribution is -0.861. The lowest BCUT2D eigenvalue weighted by atomic mass is 10.3. The van der Waals surface area contributed by atoms with Crippen LogP contribution < -0.4 is 0 Å². The number of ether oxygens (including phenoxy) is 1. The number of esters is 1. The Morgan fingerprint density at radius 3 is 2.30 bits per heavy atom. The van der Waals surface area contributed by atoms with Gasteiger partial charge in [-0.25, -0.2) is 4.79 Å². The molecule has 0 radical (unpaired) electrons. The van der Waals surface area contributed by atoms with Gasteiger partial charge in [0.15, 0.2) is 0 Å². The van der Waals surface area contributed by atoms with Crippen molar-refractivity contribution in [2.45, 2.75) is 26.2 Å². The molecule has 1 atom stereocenters. The number of carbonyl (C=O) groups is 2. The molecule has 0 aromatic heterocycles. The van der Waals surface area contributed by atoms with E-state index >= 15 is 0 Å². The van der Waals surface area contributed by atoms with Gasteiger partial charge in [-0.05, 0) is 32.3 Å². The summed E-state index contributed by atoms with van der Waals surface area (Å²) in [5.74, 6) is -0.368. The van der Waals surface area contributed by atoms with Crippen molar-refractivity contribution in [3.8, 4) is 0 Å². The first-order valence-corrected chi connectivity index (χ1v) is 8.24. The lowest BCUT2D eigenvalue weighted by Gasteiger charge is -2.23. The van der Waals surface area contributed by atoms with Crippen LogP contribution >= 0.6 is 8.15 Å². The van der Waals surface area contributed by atoms with Crippen LogP contribution in [0.2, 0.25) is 0 Å². The Labute approximate surface area is 123 Å². The van der Waals surface area contributed by atoms with E-state index in [-0.39, 0.29) is 11.5 Å². The summed E-state index contributed by atoms with van der Waals surface area (Å²) in [6, 6.07) is 0. The molecule has 0 heterocycles. The normalized spacial score (nSPS) is 12.8. The van der Waals surface area contributed by atoms with Gasteiger partial charge in [0.25, 0.3) is 0 Å². The molecule has 0 aliphatic heterocycles. The minimum Gasteiger partial charge on any atom is -0.462 e. The molecule has 1 unspecified atom stereocenters. The molecule has 116 valence electrons. The Hall–Kier alpha value is -0.770. The number of quaternary nitrogens is 1. The van der Waals surface area contributed by atoms with Crippen LogP contribution in [0.1, 0.15) is 26.2 Å². The fourth-order valence-electron chi connectivity index (χ4n) is 1.44. The highest BCUT2D eigenvalue weighted by Gasteiger charge is 2.21. The summed E-state index contributed by atoms with van der Waals surface area (Å²) in [5, 5.41) is 0. The predicted octanol–water partition coefficient (Wildman–Crippen LogP) is 1.90. The van der Waals surface area contributed by atoms with Crippen LogP contribution in [0.15, 0.2) is 12.2 Å². The Balaban J connectivity index is 3.67. The molecule has 0 fully saturated rings. The molecule has 0 aliphatic rings. The first-order chi connectivity index (χ1) is 9.13. The van der Waals surface area contributed by atoms with Crippen LogP contribution in [0.3, 0.4) is 0 Å². The van der Waals surface area contributed by atoms with Gasteiger partial charge in [-0.3, -0.25) is 4.79 Å². The first-order valence-electron chi connectivity index (χ1n) is 6.76. The molecule has 0 aromatic carbocycles. The zero-order chi connectivity index (χ0) is 15.8. The molecule has 0 saturated carbocycles. The number of hydrogen-bond acceptors (Lipinski definition) is 4. The van der Waals surface area contributed by atoms with Crippen LogP contribution in [-0.4, -0.2) is 61.3 Å². The number of nitrogens with zero attached hydrogens (tertiary/aromatic N) is 1. The minimum atomic E-state index is -1.53. The molecular weight excluding hydrogens is 277 g/mol. The van der Waals surface area contributed by atoms with E-state index < -0.39 is 8.15 Å². The topological polar surface area (TPSA) is 63.6 Å². The molecule has 6 heteroatoms. The molecule has 0 aromatic rings. The second-order valence-corrected chi connectivity index (χ2v) is 7.69. The average Bonchev–Trinajstić information content (AvgIpc) is 2.30. The number of likely N-dealkylation sites (N-methyl/N-ethyl adjacent to an activating group) is 1. The minimum absolute atomic E-state index is 0.0544. The van der Waals surface area contributed by atoms with Crippen LogP contribution in [0.5, 0.6) is 0 Å². The van der Waals surface area contributed by atoms with Gasteiger partial charge in [0.2, 0.25) is 5.52 Å². The zero-order valence-electron chi connectivity index (χ0n) is 13.0. The molecule has 0 amide bonds. The molecule has 20 heavy (non-hydrogen) atoms.